The van der Waals surface area contributed by atoms with E-state index in [1.807, 2.05) is 30.3 Å². The van der Waals surface area contributed by atoms with Crippen LogP contribution in [0.4, 0.5) is 5.69 Å². The molecule has 0 aliphatic heterocycles. The van der Waals surface area contributed by atoms with E-state index in [-0.39, 0.29) is 21.8 Å². The summed E-state index contributed by atoms with van der Waals surface area (Å²) in [4.78, 5) is 23.8. The minimum atomic E-state index is -0.584. The Kier molecular flexibility index (Phi) is 4.08. The van der Waals surface area contributed by atoms with Gasteiger partial charge in [0.15, 0.2) is 0 Å². The van der Waals surface area contributed by atoms with E-state index in [1.54, 1.807) is 11.8 Å². The first-order valence-corrected chi connectivity index (χ1v) is 8.04. The highest BCUT2D eigenvalue weighted by Crippen LogP contribution is 2.51. The van der Waals surface area contributed by atoms with E-state index in [9.17, 15) is 14.9 Å². The molecule has 1 aliphatic carbocycles. The number of aromatic amines is 1. The van der Waals surface area contributed by atoms with Gasteiger partial charge >= 0.3 is 5.69 Å². The van der Waals surface area contributed by atoms with Gasteiger partial charge in [-0.05, 0) is 31.9 Å². The molecular weight excluding hydrogens is 316 g/mol. The first kappa shape index (κ1) is 15.5. The van der Waals surface area contributed by atoms with Crippen LogP contribution in [0.25, 0.3) is 0 Å². The monoisotopic (exact) mass is 332 g/mol. The van der Waals surface area contributed by atoms with Crippen molar-refractivity contribution in [3.05, 3.63) is 51.8 Å². The molecule has 1 aromatic heterocycles. The summed E-state index contributed by atoms with van der Waals surface area (Å²) in [6.07, 6.45) is 2.02. The number of hydrogen-bond acceptors (Lipinski definition) is 5. The Labute approximate surface area is 137 Å². The van der Waals surface area contributed by atoms with Crippen LogP contribution >= 0.6 is 11.8 Å². The number of rotatable bonds is 6. The summed E-state index contributed by atoms with van der Waals surface area (Å²) in [5, 5.41) is 20.1. The van der Waals surface area contributed by atoms with Gasteiger partial charge in [-0.15, -0.1) is 11.8 Å². The van der Waals surface area contributed by atoms with Crippen molar-refractivity contribution in [2.45, 2.75) is 29.4 Å². The molecule has 0 bridgehead atoms. The summed E-state index contributed by atoms with van der Waals surface area (Å²) in [5.41, 5.74) is -0.143. The van der Waals surface area contributed by atoms with Crippen molar-refractivity contribution in [2.24, 2.45) is 0 Å². The number of aryl methyl sites for hydroxylation is 1. The number of H-pyrrole nitrogens is 1. The van der Waals surface area contributed by atoms with E-state index in [0.29, 0.717) is 6.54 Å². The average Bonchev–Trinajstić information content (AvgIpc) is 3.17. The lowest BCUT2D eigenvalue weighted by Gasteiger charge is -2.15. The molecule has 8 heteroatoms. The van der Waals surface area contributed by atoms with Crippen molar-refractivity contribution >= 4 is 23.4 Å². The molecule has 1 amide bonds. The van der Waals surface area contributed by atoms with Crippen molar-refractivity contribution < 1.29 is 9.72 Å². The Morgan fingerprint density at radius 1 is 1.43 bits per heavy atom. The molecule has 3 rings (SSSR count). The zero-order valence-corrected chi connectivity index (χ0v) is 13.4. The second kappa shape index (κ2) is 6.04. The minimum Gasteiger partial charge on any atom is -0.349 e. The van der Waals surface area contributed by atoms with E-state index in [1.165, 1.54) is 6.92 Å². The Hall–Kier alpha value is -2.35. The molecule has 23 heavy (non-hydrogen) atoms. The molecule has 2 aromatic rings. The van der Waals surface area contributed by atoms with E-state index in [2.05, 4.69) is 15.5 Å². The molecule has 1 saturated carbocycles. The Balaban J connectivity index is 1.64. The molecule has 1 aliphatic rings. The van der Waals surface area contributed by atoms with Crippen LogP contribution in [0.5, 0.6) is 0 Å². The smallest absolute Gasteiger partial charge is 0.322 e. The normalized spacial score (nSPS) is 15.2. The quantitative estimate of drug-likeness (QED) is 0.625. The van der Waals surface area contributed by atoms with Crippen molar-refractivity contribution in [1.82, 2.24) is 15.5 Å². The predicted molar refractivity (Wildman–Crippen MR) is 86.6 cm³/mol. The Bertz CT molecular complexity index is 740. The number of amides is 1. The van der Waals surface area contributed by atoms with Gasteiger partial charge in [0, 0.05) is 16.2 Å². The number of nitro groups is 1. The highest BCUT2D eigenvalue weighted by atomic mass is 32.2. The van der Waals surface area contributed by atoms with Gasteiger partial charge in [-0.25, -0.2) is 0 Å². The SMILES string of the molecule is Cc1[nH]nc(C(=O)NCC2(Sc3ccccc3)CC2)c1[N+](=O)[O-]. The Morgan fingerprint density at radius 2 is 2.13 bits per heavy atom. The summed E-state index contributed by atoms with van der Waals surface area (Å²) in [6.45, 7) is 1.99. The molecular formula is C15H16N4O3S. The third-order valence-electron chi connectivity index (χ3n) is 3.77. The lowest BCUT2D eigenvalue weighted by Crippen LogP contribution is -2.32. The largest absolute Gasteiger partial charge is 0.349 e. The number of aromatic nitrogens is 2. The van der Waals surface area contributed by atoms with Crippen molar-refractivity contribution in [2.75, 3.05) is 6.54 Å². The van der Waals surface area contributed by atoms with Gasteiger partial charge < -0.3 is 5.32 Å². The molecule has 1 aromatic carbocycles. The Morgan fingerprint density at radius 3 is 2.74 bits per heavy atom. The summed E-state index contributed by atoms with van der Waals surface area (Å²) in [7, 11) is 0. The fourth-order valence-corrected chi connectivity index (χ4v) is 3.57. The molecule has 0 saturated heterocycles. The molecule has 0 spiro atoms. The van der Waals surface area contributed by atoms with Crippen LogP contribution in [0.2, 0.25) is 0 Å². The number of thioether (sulfide) groups is 1. The van der Waals surface area contributed by atoms with Gasteiger partial charge in [0.05, 0.1) is 4.92 Å². The first-order chi connectivity index (χ1) is 11.0. The van der Waals surface area contributed by atoms with Crippen LogP contribution in [-0.4, -0.2) is 32.3 Å². The zero-order valence-electron chi connectivity index (χ0n) is 12.5. The third kappa shape index (κ3) is 3.37. The lowest BCUT2D eigenvalue weighted by atomic mass is 10.3. The second-order valence-corrected chi connectivity index (χ2v) is 7.13. The van der Waals surface area contributed by atoms with Gasteiger partial charge in [-0.2, -0.15) is 5.10 Å². The second-order valence-electron chi connectivity index (χ2n) is 5.58. The van der Waals surface area contributed by atoms with Crippen LogP contribution in [0.3, 0.4) is 0 Å². The fraction of sp³-hybridized carbons (Fsp3) is 0.333. The van der Waals surface area contributed by atoms with Gasteiger partial charge in [0.25, 0.3) is 5.91 Å². The van der Waals surface area contributed by atoms with Crippen LogP contribution in [-0.2, 0) is 0 Å². The maximum Gasteiger partial charge on any atom is 0.322 e. The van der Waals surface area contributed by atoms with Crippen LogP contribution in [0.1, 0.15) is 29.0 Å². The molecule has 0 unspecified atom stereocenters. The number of benzene rings is 1. The van der Waals surface area contributed by atoms with Gasteiger partial charge in [-0.3, -0.25) is 20.0 Å². The fourth-order valence-electron chi connectivity index (χ4n) is 2.32. The molecule has 0 atom stereocenters. The molecule has 7 nitrogen and oxygen atoms in total. The zero-order chi connectivity index (χ0) is 16.4. The van der Waals surface area contributed by atoms with Gasteiger partial charge in [0.2, 0.25) is 5.69 Å². The molecule has 120 valence electrons. The third-order valence-corrected chi connectivity index (χ3v) is 5.26. The van der Waals surface area contributed by atoms with Crippen LogP contribution in [0, 0.1) is 17.0 Å². The summed E-state index contributed by atoms with van der Waals surface area (Å²) >= 11 is 1.73. The average molecular weight is 332 g/mol. The number of carbonyl (C=O) groups excluding carboxylic acids is 1. The summed E-state index contributed by atoms with van der Waals surface area (Å²) in [5.74, 6) is -0.513. The summed E-state index contributed by atoms with van der Waals surface area (Å²) in [6, 6.07) is 9.99. The van der Waals surface area contributed by atoms with Crippen molar-refractivity contribution in [3.63, 3.8) is 0 Å². The van der Waals surface area contributed by atoms with Crippen molar-refractivity contribution in [3.8, 4) is 0 Å². The summed E-state index contributed by atoms with van der Waals surface area (Å²) < 4.78 is -0.0167. The molecule has 2 N–H and O–H groups in total. The molecule has 1 fully saturated rings. The van der Waals surface area contributed by atoms with E-state index >= 15 is 0 Å². The van der Waals surface area contributed by atoms with Crippen LogP contribution < -0.4 is 5.32 Å². The number of nitrogens with one attached hydrogen (secondary N) is 2. The molecule has 0 radical (unpaired) electrons. The highest BCUT2D eigenvalue weighted by molar-refractivity contribution is 8.01. The van der Waals surface area contributed by atoms with E-state index < -0.39 is 10.8 Å². The maximum atomic E-state index is 12.2. The van der Waals surface area contributed by atoms with Gasteiger partial charge in [0.1, 0.15) is 5.69 Å². The first-order valence-electron chi connectivity index (χ1n) is 7.22. The predicted octanol–water partition coefficient (Wildman–Crippen LogP) is 2.68. The molecule has 1 heterocycles. The standard InChI is InChI=1S/C15H16N4O3S/c1-10-13(19(21)22)12(18-17-10)14(20)16-9-15(7-8-15)23-11-5-3-2-4-6-11/h2-6H,7-9H2,1H3,(H,16,20)(H,17,18). The van der Waals surface area contributed by atoms with E-state index in [0.717, 1.165) is 17.7 Å². The maximum absolute atomic E-state index is 12.2. The van der Waals surface area contributed by atoms with Gasteiger partial charge in [-0.1, -0.05) is 18.2 Å². The highest BCUT2D eigenvalue weighted by Gasteiger charge is 2.44. The topological polar surface area (TPSA) is 101 Å². The lowest BCUT2D eigenvalue weighted by molar-refractivity contribution is -0.385. The van der Waals surface area contributed by atoms with Crippen molar-refractivity contribution in [1.29, 1.82) is 0 Å². The number of carbonyl (C=O) groups is 1. The van der Waals surface area contributed by atoms with Crippen LogP contribution in [0.15, 0.2) is 35.2 Å². The number of nitrogens with zero attached hydrogens (tertiary/aromatic N) is 2. The van der Waals surface area contributed by atoms with E-state index in [4.69, 9.17) is 0 Å². The number of hydrogen-bond donors (Lipinski definition) is 2. The minimum absolute atomic E-state index is 0.0167.